The zero-order chi connectivity index (χ0) is 20.3. The van der Waals surface area contributed by atoms with Gasteiger partial charge in [-0.05, 0) is 30.3 Å². The highest BCUT2D eigenvalue weighted by Crippen LogP contribution is 2.35. The number of fused-ring (bicyclic) bond motifs is 1. The number of nitrogens with zero attached hydrogens (tertiary/aromatic N) is 4. The highest BCUT2D eigenvalue weighted by Gasteiger charge is 2.18. The van der Waals surface area contributed by atoms with Crippen molar-refractivity contribution in [1.29, 1.82) is 0 Å². The monoisotopic (exact) mass is 410 g/mol. The fourth-order valence-corrected chi connectivity index (χ4v) is 3.18. The minimum atomic E-state index is -0.346. The summed E-state index contributed by atoms with van der Waals surface area (Å²) in [6.45, 7) is 2.75. The number of aromatic nitrogens is 3. The molecule has 1 fully saturated rings. The van der Waals surface area contributed by atoms with E-state index in [2.05, 4.69) is 25.6 Å². The van der Waals surface area contributed by atoms with Crippen molar-refractivity contribution in [2.75, 3.05) is 48.6 Å². The zero-order valence-corrected chi connectivity index (χ0v) is 16.0. The van der Waals surface area contributed by atoms with Gasteiger partial charge in [-0.15, -0.1) is 0 Å². The van der Waals surface area contributed by atoms with E-state index in [4.69, 9.17) is 14.2 Å². The maximum absolute atomic E-state index is 13.6. The van der Waals surface area contributed by atoms with Gasteiger partial charge in [0, 0.05) is 30.5 Å². The Labute approximate surface area is 171 Å². The molecule has 2 aliphatic heterocycles. The third-order valence-corrected chi connectivity index (χ3v) is 4.63. The van der Waals surface area contributed by atoms with Crippen molar-refractivity contribution < 1.29 is 18.6 Å². The molecule has 9 nitrogen and oxygen atoms in total. The third kappa shape index (κ3) is 4.03. The first-order chi connectivity index (χ1) is 14.7. The molecular weight excluding hydrogens is 391 g/mol. The Morgan fingerprint density at radius 1 is 0.833 bits per heavy atom. The van der Waals surface area contributed by atoms with Crippen LogP contribution in [0.5, 0.6) is 11.5 Å². The quantitative estimate of drug-likeness (QED) is 0.658. The molecular formula is C20H19FN6O3. The molecule has 0 spiro atoms. The standard InChI is InChI=1S/C20H19FN6O3/c21-13-2-1-3-14(10-13)22-18-24-19(26-20(25-18)27-6-8-28-9-7-27)23-15-4-5-16-17(11-15)30-12-29-16/h1-5,10-11H,6-9,12H2,(H2,22,23,24,25,26). The number of nitrogens with one attached hydrogen (secondary N) is 2. The van der Waals surface area contributed by atoms with Crippen molar-refractivity contribution in [3.63, 3.8) is 0 Å². The summed E-state index contributed by atoms with van der Waals surface area (Å²) in [7, 11) is 0. The third-order valence-electron chi connectivity index (χ3n) is 4.63. The van der Waals surface area contributed by atoms with Crippen LogP contribution >= 0.6 is 0 Å². The second kappa shape index (κ2) is 7.99. The molecule has 0 amide bonds. The number of benzene rings is 2. The van der Waals surface area contributed by atoms with Crippen molar-refractivity contribution in [2.24, 2.45) is 0 Å². The van der Waals surface area contributed by atoms with E-state index >= 15 is 0 Å². The molecule has 5 rings (SSSR count). The van der Waals surface area contributed by atoms with Gasteiger partial charge in [0.25, 0.3) is 0 Å². The van der Waals surface area contributed by atoms with Crippen molar-refractivity contribution in [2.45, 2.75) is 0 Å². The summed E-state index contributed by atoms with van der Waals surface area (Å²) in [6, 6.07) is 11.6. The number of halogens is 1. The molecule has 1 aromatic heterocycles. The highest BCUT2D eigenvalue weighted by molar-refractivity contribution is 5.62. The predicted molar refractivity (Wildman–Crippen MR) is 108 cm³/mol. The van der Waals surface area contributed by atoms with Crippen LogP contribution in [0.2, 0.25) is 0 Å². The number of hydrogen-bond acceptors (Lipinski definition) is 9. The normalized spacial score (nSPS) is 15.2. The lowest BCUT2D eigenvalue weighted by molar-refractivity contribution is 0.122. The summed E-state index contributed by atoms with van der Waals surface area (Å²) in [6.07, 6.45) is 0. The SMILES string of the molecule is Fc1cccc(Nc2nc(Nc3ccc4c(c3)OCO4)nc(N3CCOCC3)n2)c1. The summed E-state index contributed by atoms with van der Waals surface area (Å²) >= 11 is 0. The van der Waals surface area contributed by atoms with Gasteiger partial charge >= 0.3 is 0 Å². The molecule has 0 saturated carbocycles. The maximum atomic E-state index is 13.6. The Morgan fingerprint density at radius 3 is 2.33 bits per heavy atom. The van der Waals surface area contributed by atoms with Gasteiger partial charge in [0.15, 0.2) is 11.5 Å². The van der Waals surface area contributed by atoms with E-state index in [1.165, 1.54) is 12.1 Å². The Balaban J connectivity index is 1.45. The Hall–Kier alpha value is -3.66. The van der Waals surface area contributed by atoms with Crippen LogP contribution in [0.3, 0.4) is 0 Å². The molecule has 0 radical (unpaired) electrons. The Kier molecular flexibility index (Phi) is 4.89. The van der Waals surface area contributed by atoms with Gasteiger partial charge in [-0.1, -0.05) is 6.07 Å². The van der Waals surface area contributed by atoms with Gasteiger partial charge in [0.1, 0.15) is 5.82 Å². The lowest BCUT2D eigenvalue weighted by atomic mass is 10.3. The molecule has 1 saturated heterocycles. The molecule has 0 atom stereocenters. The molecule has 2 aliphatic rings. The van der Waals surface area contributed by atoms with Crippen LogP contribution in [0.1, 0.15) is 0 Å². The van der Waals surface area contributed by atoms with E-state index in [0.29, 0.717) is 61.3 Å². The van der Waals surface area contributed by atoms with Crippen molar-refractivity contribution in [1.82, 2.24) is 15.0 Å². The second-order valence-corrected chi connectivity index (χ2v) is 6.71. The fourth-order valence-electron chi connectivity index (χ4n) is 3.18. The minimum Gasteiger partial charge on any atom is -0.454 e. The van der Waals surface area contributed by atoms with Crippen LogP contribution in [0.15, 0.2) is 42.5 Å². The van der Waals surface area contributed by atoms with Crippen molar-refractivity contribution >= 4 is 29.2 Å². The first-order valence-corrected chi connectivity index (χ1v) is 9.51. The Bertz CT molecular complexity index is 1060. The van der Waals surface area contributed by atoms with Gasteiger partial charge in [-0.2, -0.15) is 15.0 Å². The number of morpholine rings is 1. The van der Waals surface area contributed by atoms with Crippen LogP contribution < -0.4 is 25.0 Å². The van der Waals surface area contributed by atoms with E-state index in [-0.39, 0.29) is 12.6 Å². The smallest absolute Gasteiger partial charge is 0.233 e. The molecule has 0 unspecified atom stereocenters. The average Bonchev–Trinajstić information content (AvgIpc) is 3.22. The molecule has 10 heteroatoms. The summed E-state index contributed by atoms with van der Waals surface area (Å²) in [5, 5.41) is 6.23. The number of rotatable bonds is 5. The lowest BCUT2D eigenvalue weighted by Crippen LogP contribution is -2.37. The van der Waals surface area contributed by atoms with E-state index in [1.54, 1.807) is 12.1 Å². The molecule has 0 bridgehead atoms. The largest absolute Gasteiger partial charge is 0.454 e. The minimum absolute atomic E-state index is 0.202. The van der Waals surface area contributed by atoms with Crippen LogP contribution in [0, 0.1) is 5.82 Å². The molecule has 0 aliphatic carbocycles. The van der Waals surface area contributed by atoms with Gasteiger partial charge in [0.2, 0.25) is 24.6 Å². The number of anilines is 5. The number of hydrogen-bond donors (Lipinski definition) is 2. The topological polar surface area (TPSA) is 93.7 Å². The predicted octanol–water partition coefficient (Wildman–Crippen LogP) is 3.06. The highest BCUT2D eigenvalue weighted by atomic mass is 19.1. The molecule has 3 heterocycles. The number of ether oxygens (including phenoxy) is 3. The zero-order valence-electron chi connectivity index (χ0n) is 16.0. The fraction of sp³-hybridized carbons (Fsp3) is 0.250. The molecule has 2 N–H and O–H groups in total. The van der Waals surface area contributed by atoms with Gasteiger partial charge in [-0.25, -0.2) is 4.39 Å². The summed E-state index contributed by atoms with van der Waals surface area (Å²) in [5.41, 5.74) is 1.29. The van der Waals surface area contributed by atoms with Crippen LogP contribution in [-0.2, 0) is 4.74 Å². The lowest BCUT2D eigenvalue weighted by Gasteiger charge is -2.27. The van der Waals surface area contributed by atoms with E-state index in [0.717, 1.165) is 5.69 Å². The summed E-state index contributed by atoms with van der Waals surface area (Å²) in [4.78, 5) is 15.5. The summed E-state index contributed by atoms with van der Waals surface area (Å²) < 4.78 is 29.8. The maximum Gasteiger partial charge on any atom is 0.233 e. The van der Waals surface area contributed by atoms with E-state index in [9.17, 15) is 4.39 Å². The van der Waals surface area contributed by atoms with Crippen molar-refractivity contribution in [3.05, 3.63) is 48.3 Å². The molecule has 2 aromatic carbocycles. The van der Waals surface area contributed by atoms with E-state index < -0.39 is 0 Å². The average molecular weight is 410 g/mol. The second-order valence-electron chi connectivity index (χ2n) is 6.71. The van der Waals surface area contributed by atoms with Gasteiger partial charge in [0.05, 0.1) is 13.2 Å². The van der Waals surface area contributed by atoms with Gasteiger partial charge < -0.3 is 29.7 Å². The van der Waals surface area contributed by atoms with Crippen LogP contribution in [0.25, 0.3) is 0 Å². The molecule has 30 heavy (non-hydrogen) atoms. The summed E-state index contributed by atoms with van der Waals surface area (Å²) in [5.74, 6) is 2.17. The first-order valence-electron chi connectivity index (χ1n) is 9.51. The Morgan fingerprint density at radius 2 is 1.57 bits per heavy atom. The molecule has 3 aromatic rings. The molecule has 154 valence electrons. The van der Waals surface area contributed by atoms with Crippen LogP contribution in [-0.4, -0.2) is 48.0 Å². The van der Waals surface area contributed by atoms with Crippen LogP contribution in [0.4, 0.5) is 33.6 Å². The van der Waals surface area contributed by atoms with Gasteiger partial charge in [-0.3, -0.25) is 0 Å². The van der Waals surface area contributed by atoms with E-state index in [1.807, 2.05) is 23.1 Å². The van der Waals surface area contributed by atoms with Crippen molar-refractivity contribution in [3.8, 4) is 11.5 Å². The first kappa shape index (κ1) is 18.4.